The largest absolute Gasteiger partial charge is 0.434 e. The number of hydrogen-bond acceptors (Lipinski definition) is 4. The number of halogens is 4. The van der Waals surface area contributed by atoms with Gasteiger partial charge in [-0.1, -0.05) is 16.8 Å². The monoisotopic (exact) mass is 486 g/mol. The van der Waals surface area contributed by atoms with Gasteiger partial charge in [0.25, 0.3) is 0 Å². The molecule has 0 aliphatic carbocycles. The van der Waals surface area contributed by atoms with Crippen molar-refractivity contribution in [1.29, 1.82) is 0 Å². The number of aliphatic imine (C=N–C) groups is 1. The molecule has 0 saturated carbocycles. The Morgan fingerprint density at radius 3 is 2.80 bits per heavy atom. The number of ether oxygens (including phenoxy) is 1. The van der Waals surface area contributed by atoms with Crippen LogP contribution in [0, 0.1) is 0 Å². The van der Waals surface area contributed by atoms with Gasteiger partial charge in [0, 0.05) is 23.2 Å². The van der Waals surface area contributed by atoms with E-state index in [4.69, 9.17) is 16.1 Å². The molecule has 0 fully saturated rings. The van der Waals surface area contributed by atoms with E-state index in [9.17, 15) is 8.78 Å². The lowest BCUT2D eigenvalue weighted by Gasteiger charge is -2.12. The van der Waals surface area contributed by atoms with Crippen molar-refractivity contribution in [3.63, 3.8) is 0 Å². The maximum atomic E-state index is 12.5. The van der Waals surface area contributed by atoms with E-state index >= 15 is 0 Å². The van der Waals surface area contributed by atoms with Gasteiger partial charge in [0.1, 0.15) is 17.7 Å². The van der Waals surface area contributed by atoms with Crippen LogP contribution in [-0.2, 0) is 13.1 Å². The van der Waals surface area contributed by atoms with Gasteiger partial charge in [-0.15, -0.1) is 24.0 Å². The minimum absolute atomic E-state index is 0. The van der Waals surface area contributed by atoms with Gasteiger partial charge < -0.3 is 19.9 Å². The number of benzene rings is 1. The van der Waals surface area contributed by atoms with Crippen molar-refractivity contribution >= 4 is 41.5 Å². The van der Waals surface area contributed by atoms with Crippen LogP contribution in [0.5, 0.6) is 5.75 Å². The smallest absolute Gasteiger partial charge is 0.387 e. The van der Waals surface area contributed by atoms with E-state index in [2.05, 4.69) is 25.5 Å². The molecule has 6 nitrogen and oxygen atoms in total. The Kier molecular flexibility index (Phi) is 9.50. The van der Waals surface area contributed by atoms with E-state index < -0.39 is 6.61 Å². The first-order valence-electron chi connectivity index (χ1n) is 7.23. The van der Waals surface area contributed by atoms with E-state index in [1.54, 1.807) is 12.1 Å². The number of hydrogen-bond donors (Lipinski definition) is 2. The van der Waals surface area contributed by atoms with E-state index in [1.807, 2.05) is 6.92 Å². The number of aromatic nitrogens is 1. The van der Waals surface area contributed by atoms with Gasteiger partial charge >= 0.3 is 6.61 Å². The Bertz CT molecular complexity index is 672. The third-order valence-corrected chi connectivity index (χ3v) is 3.15. The van der Waals surface area contributed by atoms with Crippen LogP contribution >= 0.6 is 35.6 Å². The summed E-state index contributed by atoms with van der Waals surface area (Å²) in [5.74, 6) is 0.550. The number of nitrogens with one attached hydrogen (secondary N) is 2. The van der Waals surface area contributed by atoms with Crippen molar-refractivity contribution in [3.05, 3.63) is 46.8 Å². The second-order valence-electron chi connectivity index (χ2n) is 4.67. The maximum absolute atomic E-state index is 12.5. The van der Waals surface area contributed by atoms with Crippen LogP contribution in [0.3, 0.4) is 0 Å². The van der Waals surface area contributed by atoms with Gasteiger partial charge in [-0.25, -0.2) is 4.99 Å². The summed E-state index contributed by atoms with van der Waals surface area (Å²) in [5, 5.41) is 10.3. The Morgan fingerprint density at radius 2 is 2.16 bits per heavy atom. The third-order valence-electron chi connectivity index (χ3n) is 2.92. The van der Waals surface area contributed by atoms with Gasteiger partial charge in [-0.05, 0) is 25.1 Å². The van der Waals surface area contributed by atoms with Crippen LogP contribution in [0.25, 0.3) is 0 Å². The van der Waals surface area contributed by atoms with Gasteiger partial charge in [-0.2, -0.15) is 8.78 Å². The zero-order chi connectivity index (χ0) is 17.4. The van der Waals surface area contributed by atoms with E-state index in [0.29, 0.717) is 35.3 Å². The molecule has 0 atom stereocenters. The highest BCUT2D eigenvalue weighted by molar-refractivity contribution is 14.0. The van der Waals surface area contributed by atoms with Crippen LogP contribution < -0.4 is 15.4 Å². The second-order valence-corrected chi connectivity index (χ2v) is 5.11. The highest BCUT2D eigenvalue weighted by Crippen LogP contribution is 2.25. The highest BCUT2D eigenvalue weighted by atomic mass is 127. The molecule has 0 aliphatic rings. The van der Waals surface area contributed by atoms with Crippen LogP contribution in [0.1, 0.15) is 18.2 Å². The predicted molar refractivity (Wildman–Crippen MR) is 102 cm³/mol. The van der Waals surface area contributed by atoms with Crippen LogP contribution in [0.4, 0.5) is 8.78 Å². The standard InChI is InChI=1S/C15H17ClF2N4O2.HI/c1-2-19-15(21-9-12-5-6-23-22-12)20-8-10-7-11(16)3-4-13(10)24-14(17)18;/h3-7,14H,2,8-9H2,1H3,(H2,19,20,21);1H. The molecule has 0 unspecified atom stereocenters. The fourth-order valence-electron chi connectivity index (χ4n) is 1.89. The fraction of sp³-hybridized carbons (Fsp3) is 0.333. The molecule has 0 radical (unpaired) electrons. The van der Waals surface area contributed by atoms with Crippen LogP contribution in [0.2, 0.25) is 5.02 Å². The first kappa shape index (κ1) is 21.4. The molecule has 2 rings (SSSR count). The second kappa shape index (κ2) is 11.1. The molecule has 10 heteroatoms. The number of alkyl halides is 2. The molecule has 138 valence electrons. The lowest BCUT2D eigenvalue weighted by molar-refractivity contribution is -0.0504. The molecule has 1 aromatic heterocycles. The van der Waals surface area contributed by atoms with Crippen molar-refractivity contribution < 1.29 is 18.0 Å². The fourth-order valence-corrected chi connectivity index (χ4v) is 2.09. The van der Waals surface area contributed by atoms with Crippen molar-refractivity contribution in [2.75, 3.05) is 6.54 Å². The van der Waals surface area contributed by atoms with Crippen LogP contribution in [0.15, 0.2) is 40.0 Å². The summed E-state index contributed by atoms with van der Waals surface area (Å²) >= 11 is 5.92. The first-order valence-corrected chi connectivity index (χ1v) is 7.61. The summed E-state index contributed by atoms with van der Waals surface area (Å²) in [6.45, 7) is 0.181. The van der Waals surface area contributed by atoms with E-state index in [1.165, 1.54) is 18.4 Å². The summed E-state index contributed by atoms with van der Waals surface area (Å²) in [4.78, 5) is 4.34. The third kappa shape index (κ3) is 7.43. The molecule has 0 bridgehead atoms. The predicted octanol–water partition coefficient (Wildman–Crippen LogP) is 3.80. The molecule has 25 heavy (non-hydrogen) atoms. The average molecular weight is 487 g/mol. The zero-order valence-corrected chi connectivity index (χ0v) is 16.4. The lowest BCUT2D eigenvalue weighted by atomic mass is 10.2. The zero-order valence-electron chi connectivity index (χ0n) is 13.3. The molecule has 1 heterocycles. The Hall–Kier alpha value is -1.62. The normalized spacial score (nSPS) is 11.2. The van der Waals surface area contributed by atoms with Crippen molar-refractivity contribution in [2.45, 2.75) is 26.6 Å². The minimum atomic E-state index is -2.91. The Balaban J connectivity index is 0.00000312. The quantitative estimate of drug-likeness (QED) is 0.354. The number of rotatable bonds is 7. The summed E-state index contributed by atoms with van der Waals surface area (Å²) < 4.78 is 34.2. The summed E-state index contributed by atoms with van der Waals surface area (Å²) in [7, 11) is 0. The summed E-state index contributed by atoms with van der Waals surface area (Å²) in [6, 6.07) is 6.15. The molecule has 0 aliphatic heterocycles. The Labute approximate surface area is 166 Å². The van der Waals surface area contributed by atoms with Crippen molar-refractivity contribution in [3.8, 4) is 5.75 Å². The van der Waals surface area contributed by atoms with Gasteiger partial charge in [-0.3, -0.25) is 0 Å². The van der Waals surface area contributed by atoms with E-state index in [0.717, 1.165) is 0 Å². The average Bonchev–Trinajstić information content (AvgIpc) is 3.05. The molecule has 2 aromatic rings. The van der Waals surface area contributed by atoms with Gasteiger partial charge in [0.15, 0.2) is 5.96 Å². The lowest BCUT2D eigenvalue weighted by Crippen LogP contribution is -2.36. The summed E-state index contributed by atoms with van der Waals surface area (Å²) in [6.07, 6.45) is 1.47. The number of guanidine groups is 1. The SMILES string of the molecule is CCNC(=NCc1cc(Cl)ccc1OC(F)F)NCc1ccon1.I. The molecular weight excluding hydrogens is 469 g/mol. The molecule has 0 saturated heterocycles. The van der Waals surface area contributed by atoms with Gasteiger partial charge in [0.2, 0.25) is 0 Å². The number of nitrogens with zero attached hydrogens (tertiary/aromatic N) is 2. The molecule has 1 aromatic carbocycles. The maximum Gasteiger partial charge on any atom is 0.387 e. The van der Waals surface area contributed by atoms with Crippen molar-refractivity contribution in [2.24, 2.45) is 4.99 Å². The molecule has 0 spiro atoms. The Morgan fingerprint density at radius 1 is 1.36 bits per heavy atom. The highest BCUT2D eigenvalue weighted by Gasteiger charge is 2.10. The molecular formula is C15H18ClF2IN4O2. The first-order chi connectivity index (χ1) is 11.6. The van der Waals surface area contributed by atoms with Crippen LogP contribution in [-0.4, -0.2) is 24.3 Å². The minimum Gasteiger partial charge on any atom is -0.434 e. The summed E-state index contributed by atoms with van der Waals surface area (Å²) in [5.41, 5.74) is 1.17. The van der Waals surface area contributed by atoms with Gasteiger partial charge in [0.05, 0.1) is 13.1 Å². The molecule has 2 N–H and O–H groups in total. The molecule has 0 amide bonds. The topological polar surface area (TPSA) is 71.7 Å². The van der Waals surface area contributed by atoms with E-state index in [-0.39, 0.29) is 36.3 Å². The van der Waals surface area contributed by atoms with Crippen molar-refractivity contribution in [1.82, 2.24) is 15.8 Å².